The number of hydrogen-bond acceptors (Lipinski definition) is 3. The summed E-state index contributed by atoms with van der Waals surface area (Å²) < 4.78 is 5.26. The molecule has 5 rings (SSSR count). The summed E-state index contributed by atoms with van der Waals surface area (Å²) in [6.45, 7) is 0. The lowest BCUT2D eigenvalue weighted by molar-refractivity contribution is 0.0869. The van der Waals surface area contributed by atoms with Crippen LogP contribution in [0, 0.1) is 23.7 Å². The normalized spacial score (nSPS) is 33.8. The van der Waals surface area contributed by atoms with Gasteiger partial charge in [-0.1, -0.05) is 24.6 Å². The summed E-state index contributed by atoms with van der Waals surface area (Å²) >= 11 is 0. The molecule has 1 heterocycles. The lowest BCUT2D eigenvalue weighted by atomic mass is 9.79. The Morgan fingerprint density at radius 2 is 1.92 bits per heavy atom. The molecule has 0 aliphatic heterocycles. The molecule has 1 N–H and O–H groups in total. The number of nitrogens with one attached hydrogen (secondary N) is 1. The molecule has 1 amide bonds. The first-order chi connectivity index (χ1) is 11.7. The summed E-state index contributed by atoms with van der Waals surface area (Å²) in [5.41, 5.74) is -0.443. The third kappa shape index (κ3) is 2.05. The van der Waals surface area contributed by atoms with Crippen LogP contribution in [0.1, 0.15) is 42.7 Å². The average Bonchev–Trinajstić information content (AvgIpc) is 3.27. The molecule has 3 fully saturated rings. The molecule has 3 saturated carbocycles. The third-order valence-electron chi connectivity index (χ3n) is 6.64. The Bertz CT molecular complexity index is 871. The number of benzene rings is 1. The highest BCUT2D eigenvalue weighted by atomic mass is 16.4. The van der Waals surface area contributed by atoms with Gasteiger partial charge >= 0.3 is 5.63 Å². The first-order valence-electron chi connectivity index (χ1n) is 9.04. The van der Waals surface area contributed by atoms with Gasteiger partial charge in [0, 0.05) is 6.04 Å². The first kappa shape index (κ1) is 14.3. The zero-order chi connectivity index (χ0) is 16.3. The molecular weight excluding hydrogens is 302 g/mol. The smallest absolute Gasteiger partial charge is 0.344 e. The van der Waals surface area contributed by atoms with Gasteiger partial charge in [0.2, 0.25) is 0 Å². The van der Waals surface area contributed by atoms with Crippen molar-refractivity contribution in [1.29, 1.82) is 0 Å². The summed E-state index contributed by atoms with van der Waals surface area (Å²) in [7, 11) is 0. The molecule has 124 valence electrons. The summed E-state index contributed by atoms with van der Waals surface area (Å²) in [4.78, 5) is 24.7. The molecule has 2 bridgehead atoms. The number of carbonyl (C=O) groups excluding carboxylic acids is 1. The number of amides is 1. The van der Waals surface area contributed by atoms with Crippen molar-refractivity contribution in [1.82, 2.24) is 5.32 Å². The number of fused-ring (bicyclic) bond motifs is 6. The van der Waals surface area contributed by atoms with Gasteiger partial charge in [-0.15, -0.1) is 0 Å². The maximum Gasteiger partial charge on any atom is 0.344 e. The average molecular weight is 323 g/mol. The Labute approximate surface area is 140 Å². The van der Waals surface area contributed by atoms with Gasteiger partial charge in [0.25, 0.3) is 5.91 Å². The second-order valence-corrected chi connectivity index (χ2v) is 7.72. The van der Waals surface area contributed by atoms with E-state index in [1.165, 1.54) is 25.7 Å². The van der Waals surface area contributed by atoms with Crippen molar-refractivity contribution < 1.29 is 9.21 Å². The fourth-order valence-corrected chi connectivity index (χ4v) is 5.72. The number of rotatable bonds is 2. The SMILES string of the molecule is O=C(NC1CC2CC1C1CCCC21)c1cc2ccccc2c(=O)o1. The van der Waals surface area contributed by atoms with E-state index in [2.05, 4.69) is 5.32 Å². The van der Waals surface area contributed by atoms with Crippen LogP contribution in [0.5, 0.6) is 0 Å². The summed E-state index contributed by atoms with van der Waals surface area (Å²) in [5.74, 6) is 3.00. The van der Waals surface area contributed by atoms with Crippen molar-refractivity contribution in [3.8, 4) is 0 Å². The van der Waals surface area contributed by atoms with Gasteiger partial charge in [-0.3, -0.25) is 4.79 Å². The predicted molar refractivity (Wildman–Crippen MR) is 90.8 cm³/mol. The lowest BCUT2D eigenvalue weighted by Gasteiger charge is -2.31. The molecule has 3 aliphatic rings. The Hall–Kier alpha value is -2.10. The molecule has 4 heteroatoms. The van der Waals surface area contributed by atoms with Crippen LogP contribution >= 0.6 is 0 Å². The zero-order valence-corrected chi connectivity index (χ0v) is 13.5. The van der Waals surface area contributed by atoms with Crippen LogP contribution in [-0.4, -0.2) is 11.9 Å². The molecule has 0 radical (unpaired) electrons. The van der Waals surface area contributed by atoms with Crippen molar-refractivity contribution >= 4 is 16.7 Å². The highest BCUT2D eigenvalue weighted by Crippen LogP contribution is 2.58. The minimum absolute atomic E-state index is 0.129. The molecule has 5 unspecified atom stereocenters. The monoisotopic (exact) mass is 323 g/mol. The van der Waals surface area contributed by atoms with Crippen LogP contribution in [0.3, 0.4) is 0 Å². The van der Waals surface area contributed by atoms with E-state index in [9.17, 15) is 9.59 Å². The van der Waals surface area contributed by atoms with E-state index in [1.807, 2.05) is 12.1 Å². The molecule has 0 spiro atoms. The first-order valence-corrected chi connectivity index (χ1v) is 9.04. The van der Waals surface area contributed by atoms with E-state index in [1.54, 1.807) is 18.2 Å². The van der Waals surface area contributed by atoms with Gasteiger partial charge in [0.1, 0.15) is 0 Å². The Kier molecular flexibility index (Phi) is 3.09. The Morgan fingerprint density at radius 3 is 2.83 bits per heavy atom. The van der Waals surface area contributed by atoms with Crippen LogP contribution < -0.4 is 10.9 Å². The lowest BCUT2D eigenvalue weighted by Crippen LogP contribution is -2.42. The van der Waals surface area contributed by atoms with E-state index in [0.717, 1.165) is 29.6 Å². The highest BCUT2D eigenvalue weighted by molar-refractivity contribution is 5.95. The maximum absolute atomic E-state index is 12.6. The van der Waals surface area contributed by atoms with E-state index in [-0.39, 0.29) is 17.7 Å². The molecule has 1 aromatic carbocycles. The Morgan fingerprint density at radius 1 is 1.08 bits per heavy atom. The van der Waals surface area contributed by atoms with Crippen molar-refractivity contribution in [3.63, 3.8) is 0 Å². The molecule has 24 heavy (non-hydrogen) atoms. The van der Waals surface area contributed by atoms with Crippen LogP contribution in [-0.2, 0) is 0 Å². The van der Waals surface area contributed by atoms with Crippen molar-refractivity contribution in [2.24, 2.45) is 23.7 Å². The molecule has 3 aliphatic carbocycles. The van der Waals surface area contributed by atoms with E-state index < -0.39 is 5.63 Å². The molecule has 0 saturated heterocycles. The molecular formula is C20H21NO3. The molecule has 5 atom stereocenters. The minimum atomic E-state index is -0.443. The van der Waals surface area contributed by atoms with Gasteiger partial charge in [-0.2, -0.15) is 0 Å². The van der Waals surface area contributed by atoms with Gasteiger partial charge in [0.15, 0.2) is 5.76 Å². The predicted octanol–water partition coefficient (Wildman–Crippen LogP) is 3.35. The number of carbonyl (C=O) groups is 1. The fourth-order valence-electron chi connectivity index (χ4n) is 5.72. The quantitative estimate of drug-likeness (QED) is 0.922. The van der Waals surface area contributed by atoms with E-state index in [4.69, 9.17) is 4.42 Å². The fraction of sp³-hybridized carbons (Fsp3) is 0.500. The molecule has 1 aromatic heterocycles. The van der Waals surface area contributed by atoms with Crippen LogP contribution in [0.25, 0.3) is 10.8 Å². The van der Waals surface area contributed by atoms with Gasteiger partial charge in [0.05, 0.1) is 5.39 Å². The zero-order valence-electron chi connectivity index (χ0n) is 13.5. The van der Waals surface area contributed by atoms with Crippen LogP contribution in [0.4, 0.5) is 0 Å². The van der Waals surface area contributed by atoms with E-state index >= 15 is 0 Å². The second kappa shape index (κ2) is 5.20. The van der Waals surface area contributed by atoms with Crippen molar-refractivity contribution in [3.05, 3.63) is 46.5 Å². The largest absolute Gasteiger partial charge is 0.417 e. The maximum atomic E-state index is 12.6. The van der Waals surface area contributed by atoms with Gasteiger partial charge in [-0.25, -0.2) is 4.79 Å². The summed E-state index contributed by atoms with van der Waals surface area (Å²) in [6, 6.07) is 9.14. The molecule has 4 nitrogen and oxygen atoms in total. The summed E-state index contributed by atoms with van der Waals surface area (Å²) in [5, 5.41) is 4.43. The summed E-state index contributed by atoms with van der Waals surface area (Å²) in [6.07, 6.45) is 6.41. The van der Waals surface area contributed by atoms with Gasteiger partial charge < -0.3 is 9.73 Å². The number of hydrogen-bond donors (Lipinski definition) is 1. The van der Waals surface area contributed by atoms with E-state index in [0.29, 0.717) is 11.3 Å². The highest BCUT2D eigenvalue weighted by Gasteiger charge is 2.54. The third-order valence-corrected chi connectivity index (χ3v) is 6.64. The minimum Gasteiger partial charge on any atom is -0.417 e. The topological polar surface area (TPSA) is 59.3 Å². The molecule has 2 aromatic rings. The standard InChI is InChI=1S/C20H21NO3/c22-19(18-10-11-4-1-2-5-14(11)20(23)24-18)21-17-9-12-8-16(17)15-7-3-6-13(12)15/h1-2,4-5,10,12-13,15-17H,3,6-9H2,(H,21,22). The Balaban J connectivity index is 1.39. The van der Waals surface area contributed by atoms with Gasteiger partial charge in [-0.05, 0) is 66.9 Å². The second-order valence-electron chi connectivity index (χ2n) is 7.72. The van der Waals surface area contributed by atoms with Crippen molar-refractivity contribution in [2.45, 2.75) is 38.1 Å². The van der Waals surface area contributed by atoms with Crippen LogP contribution in [0.15, 0.2) is 39.5 Å². The van der Waals surface area contributed by atoms with Crippen molar-refractivity contribution in [2.75, 3.05) is 0 Å². The van der Waals surface area contributed by atoms with Crippen LogP contribution in [0.2, 0.25) is 0 Å².